The van der Waals surface area contributed by atoms with Gasteiger partial charge in [-0.15, -0.1) is 11.8 Å². The van der Waals surface area contributed by atoms with Crippen LogP contribution >= 0.6 is 23.4 Å². The Kier molecular flexibility index (Phi) is 6.17. The number of benzene rings is 1. The second-order valence-corrected chi connectivity index (χ2v) is 8.85. The number of fused-ring (bicyclic) bond motifs is 1. The standard InChI is InChI=1S/C21H18ClN3O7S/c1-9-14(15(24-32-9)12-5-3-4-6-13(12)22)18(27)23-16-19(28)25-17(21(29)30)11(7-31-10(2)26)8-33-20(16)25/h3-6,16,20H,7-8H2,1-2H3,(H,23,27)(H,29,30)/t16-,20-/m0/s1. The molecule has 0 radical (unpaired) electrons. The quantitative estimate of drug-likeness (QED) is 0.459. The summed E-state index contributed by atoms with van der Waals surface area (Å²) in [4.78, 5) is 49.9. The molecule has 1 aromatic carbocycles. The summed E-state index contributed by atoms with van der Waals surface area (Å²) >= 11 is 7.51. The summed E-state index contributed by atoms with van der Waals surface area (Å²) in [5.74, 6) is -2.56. The van der Waals surface area contributed by atoms with E-state index in [-0.39, 0.29) is 35.1 Å². The lowest BCUT2D eigenvalue weighted by molar-refractivity contribution is -0.149. The molecule has 1 aromatic heterocycles. The molecule has 0 bridgehead atoms. The fourth-order valence-corrected chi connectivity index (χ4v) is 5.23. The van der Waals surface area contributed by atoms with Crippen molar-refractivity contribution in [3.8, 4) is 11.3 Å². The number of hydrogen-bond acceptors (Lipinski definition) is 8. The van der Waals surface area contributed by atoms with Crippen molar-refractivity contribution in [3.05, 3.63) is 51.9 Å². The molecule has 2 aromatic rings. The Bertz CT molecular complexity index is 1210. The number of ether oxygens (including phenoxy) is 1. The number of nitrogens with zero attached hydrogens (tertiary/aromatic N) is 2. The highest BCUT2D eigenvalue weighted by molar-refractivity contribution is 8.00. The van der Waals surface area contributed by atoms with E-state index >= 15 is 0 Å². The van der Waals surface area contributed by atoms with Gasteiger partial charge in [-0.1, -0.05) is 35.0 Å². The minimum Gasteiger partial charge on any atom is -0.477 e. The highest BCUT2D eigenvalue weighted by Crippen LogP contribution is 2.41. The SMILES string of the molecule is CC(=O)OCC1=C(C(=O)O)N2C(=O)[C@H](NC(=O)c3c(-c4ccccc4Cl)noc3C)[C@@H]2SC1. The third-order valence-electron chi connectivity index (χ3n) is 5.20. The molecule has 0 unspecified atom stereocenters. The molecule has 172 valence electrons. The van der Waals surface area contributed by atoms with Gasteiger partial charge in [0.25, 0.3) is 11.8 Å². The summed E-state index contributed by atoms with van der Waals surface area (Å²) in [6.07, 6.45) is 0. The Balaban J connectivity index is 1.56. The van der Waals surface area contributed by atoms with Crippen LogP contribution in [0.15, 0.2) is 40.1 Å². The summed E-state index contributed by atoms with van der Waals surface area (Å²) in [5.41, 5.74) is 0.965. The predicted molar refractivity (Wildman–Crippen MR) is 117 cm³/mol. The van der Waals surface area contributed by atoms with Crippen LogP contribution in [-0.4, -0.2) is 62.7 Å². The van der Waals surface area contributed by atoms with Crippen LogP contribution in [0.1, 0.15) is 23.0 Å². The maximum atomic E-state index is 13.1. The summed E-state index contributed by atoms with van der Waals surface area (Å²) in [6, 6.07) is 5.89. The number of esters is 1. The lowest BCUT2D eigenvalue weighted by atomic mass is 10.0. The van der Waals surface area contributed by atoms with Crippen LogP contribution < -0.4 is 5.32 Å². The Hall–Kier alpha value is -3.31. The van der Waals surface area contributed by atoms with Crippen molar-refractivity contribution >= 4 is 47.1 Å². The van der Waals surface area contributed by atoms with Gasteiger partial charge in [-0.25, -0.2) is 4.79 Å². The Labute approximate surface area is 196 Å². The van der Waals surface area contributed by atoms with E-state index in [4.69, 9.17) is 20.9 Å². The van der Waals surface area contributed by atoms with Crippen LogP contribution in [0.5, 0.6) is 0 Å². The largest absolute Gasteiger partial charge is 0.477 e. The normalized spacial score (nSPS) is 19.6. The molecule has 2 amide bonds. The Morgan fingerprint density at radius 1 is 1.36 bits per heavy atom. The number of aromatic nitrogens is 1. The van der Waals surface area contributed by atoms with Crippen LogP contribution in [0.25, 0.3) is 11.3 Å². The zero-order valence-corrected chi connectivity index (χ0v) is 19.0. The molecule has 0 aliphatic carbocycles. The topological polar surface area (TPSA) is 139 Å². The number of carboxylic acids is 1. The van der Waals surface area contributed by atoms with E-state index in [0.29, 0.717) is 16.2 Å². The number of hydrogen-bond donors (Lipinski definition) is 2. The number of amides is 2. The number of β-lactam (4-membered cyclic amide) rings is 1. The molecule has 2 aliphatic rings. The second kappa shape index (κ2) is 8.91. The molecule has 4 rings (SSSR count). The molecular formula is C21H18ClN3O7S. The Morgan fingerprint density at radius 3 is 2.76 bits per heavy atom. The highest BCUT2D eigenvalue weighted by Gasteiger charge is 2.54. The zero-order valence-electron chi connectivity index (χ0n) is 17.5. The van der Waals surface area contributed by atoms with E-state index in [1.165, 1.54) is 18.7 Å². The average Bonchev–Trinajstić information content (AvgIpc) is 3.16. The fraction of sp³-hybridized carbons (Fsp3) is 0.286. The van der Waals surface area contributed by atoms with Gasteiger partial charge >= 0.3 is 11.9 Å². The summed E-state index contributed by atoms with van der Waals surface area (Å²) in [7, 11) is 0. The zero-order chi connectivity index (χ0) is 23.9. The van der Waals surface area contributed by atoms with E-state index in [1.807, 2.05) is 0 Å². The molecule has 12 heteroatoms. The summed E-state index contributed by atoms with van der Waals surface area (Å²) in [5, 5.41) is 16.0. The molecule has 2 atom stereocenters. The van der Waals surface area contributed by atoms with Gasteiger partial charge in [0, 0.05) is 23.8 Å². The highest BCUT2D eigenvalue weighted by atomic mass is 35.5. The van der Waals surface area contributed by atoms with Gasteiger partial charge in [-0.3, -0.25) is 19.3 Å². The van der Waals surface area contributed by atoms with Gasteiger partial charge in [-0.05, 0) is 13.0 Å². The predicted octanol–water partition coefficient (Wildman–Crippen LogP) is 2.22. The molecule has 0 spiro atoms. The monoisotopic (exact) mass is 491 g/mol. The van der Waals surface area contributed by atoms with Crippen molar-refractivity contribution < 1.29 is 33.5 Å². The van der Waals surface area contributed by atoms with Crippen molar-refractivity contribution in [1.82, 2.24) is 15.4 Å². The van der Waals surface area contributed by atoms with Gasteiger partial charge in [0.1, 0.15) is 40.7 Å². The van der Waals surface area contributed by atoms with Crippen molar-refractivity contribution in [1.29, 1.82) is 0 Å². The average molecular weight is 492 g/mol. The third kappa shape index (κ3) is 4.09. The summed E-state index contributed by atoms with van der Waals surface area (Å²) in [6.45, 7) is 2.56. The minimum absolute atomic E-state index is 0.139. The van der Waals surface area contributed by atoms with Crippen molar-refractivity contribution in [2.45, 2.75) is 25.3 Å². The molecule has 0 saturated carbocycles. The van der Waals surface area contributed by atoms with E-state index in [2.05, 4.69) is 10.5 Å². The second-order valence-electron chi connectivity index (χ2n) is 7.34. The number of rotatable bonds is 6. The van der Waals surface area contributed by atoms with E-state index in [1.54, 1.807) is 31.2 Å². The van der Waals surface area contributed by atoms with Gasteiger partial charge < -0.3 is 19.7 Å². The van der Waals surface area contributed by atoms with Crippen LogP contribution in [0, 0.1) is 6.92 Å². The Morgan fingerprint density at radius 2 is 2.09 bits per heavy atom. The van der Waals surface area contributed by atoms with E-state index in [0.717, 1.165) is 4.90 Å². The molecule has 1 saturated heterocycles. The molecule has 2 aliphatic heterocycles. The van der Waals surface area contributed by atoms with Gasteiger partial charge in [0.15, 0.2) is 0 Å². The first-order valence-electron chi connectivity index (χ1n) is 9.76. The molecule has 33 heavy (non-hydrogen) atoms. The molecule has 1 fully saturated rings. The number of aryl methyl sites for hydroxylation is 1. The molecular weight excluding hydrogens is 474 g/mol. The lowest BCUT2D eigenvalue weighted by Gasteiger charge is -2.49. The maximum absolute atomic E-state index is 13.1. The number of carbonyl (C=O) groups excluding carboxylic acids is 3. The number of halogens is 1. The van der Waals surface area contributed by atoms with Crippen molar-refractivity contribution in [3.63, 3.8) is 0 Å². The van der Waals surface area contributed by atoms with Crippen LogP contribution in [0.3, 0.4) is 0 Å². The smallest absolute Gasteiger partial charge is 0.352 e. The van der Waals surface area contributed by atoms with Crippen LogP contribution in [-0.2, 0) is 19.1 Å². The number of carboxylic acid groups (broad SMARTS) is 1. The van der Waals surface area contributed by atoms with Crippen molar-refractivity contribution in [2.24, 2.45) is 0 Å². The number of carbonyl (C=O) groups is 4. The van der Waals surface area contributed by atoms with Crippen molar-refractivity contribution in [2.75, 3.05) is 12.4 Å². The van der Waals surface area contributed by atoms with Crippen LogP contribution in [0.4, 0.5) is 0 Å². The third-order valence-corrected chi connectivity index (χ3v) is 6.87. The van der Waals surface area contributed by atoms with E-state index < -0.39 is 35.2 Å². The molecule has 2 N–H and O–H groups in total. The first kappa shape index (κ1) is 22.9. The molecule has 3 heterocycles. The first-order chi connectivity index (χ1) is 15.7. The van der Waals surface area contributed by atoms with Crippen LogP contribution in [0.2, 0.25) is 5.02 Å². The minimum atomic E-state index is -1.31. The van der Waals surface area contributed by atoms with E-state index in [9.17, 15) is 24.3 Å². The van der Waals surface area contributed by atoms with Gasteiger partial charge in [0.2, 0.25) is 0 Å². The number of aliphatic carboxylic acids is 1. The molecule has 10 nitrogen and oxygen atoms in total. The lowest BCUT2D eigenvalue weighted by Crippen LogP contribution is -2.70. The maximum Gasteiger partial charge on any atom is 0.352 e. The van der Waals surface area contributed by atoms with Gasteiger partial charge in [0.05, 0.1) is 5.02 Å². The summed E-state index contributed by atoms with van der Waals surface area (Å²) < 4.78 is 10.1. The number of nitrogens with one attached hydrogen (secondary N) is 1. The first-order valence-corrected chi connectivity index (χ1v) is 11.2. The number of thioether (sulfide) groups is 1. The van der Waals surface area contributed by atoms with Gasteiger partial charge in [-0.2, -0.15) is 0 Å². The fourth-order valence-electron chi connectivity index (χ4n) is 3.67.